The molecule has 1 saturated heterocycles. The van der Waals surface area contributed by atoms with Crippen LogP contribution in [0, 0.1) is 17.6 Å². The number of urea groups is 1. The van der Waals surface area contributed by atoms with E-state index >= 15 is 0 Å². The number of nitrogens with one attached hydrogen (secondary N) is 3. The van der Waals surface area contributed by atoms with Gasteiger partial charge < -0.3 is 25.6 Å². The van der Waals surface area contributed by atoms with Crippen LogP contribution in [0.3, 0.4) is 0 Å². The summed E-state index contributed by atoms with van der Waals surface area (Å²) < 4.78 is 31.8. The van der Waals surface area contributed by atoms with Crippen molar-refractivity contribution in [3.63, 3.8) is 0 Å². The summed E-state index contributed by atoms with van der Waals surface area (Å²) in [6.07, 6.45) is 1.61. The zero-order chi connectivity index (χ0) is 25.6. The monoisotopic (exact) mass is 480 g/mol. The molecule has 4 amide bonds. The Morgan fingerprint density at radius 1 is 1.18 bits per heavy atom. The number of hydrogen-bond acceptors (Lipinski definition) is 5. The van der Waals surface area contributed by atoms with E-state index in [4.69, 9.17) is 4.74 Å². The molecule has 1 fully saturated rings. The first-order valence-electron chi connectivity index (χ1n) is 10.8. The lowest BCUT2D eigenvalue weighted by atomic mass is 10.0. The minimum atomic E-state index is -1.13. The van der Waals surface area contributed by atoms with Crippen molar-refractivity contribution >= 4 is 29.5 Å². The normalized spacial score (nSPS) is 18.2. The highest BCUT2D eigenvalue weighted by Crippen LogP contribution is 2.21. The summed E-state index contributed by atoms with van der Waals surface area (Å²) in [4.78, 5) is 51.9. The van der Waals surface area contributed by atoms with Crippen molar-refractivity contribution in [3.05, 3.63) is 41.5 Å². The molecular formula is C23H30F2N4O5. The number of rotatable bonds is 7. The molecule has 0 saturated carbocycles. The molecule has 3 N–H and O–H groups in total. The molecule has 1 aromatic rings. The van der Waals surface area contributed by atoms with E-state index < -0.39 is 53.6 Å². The van der Waals surface area contributed by atoms with E-state index in [-0.39, 0.29) is 24.6 Å². The Labute approximate surface area is 196 Å². The molecule has 11 heteroatoms. The third-order valence-corrected chi connectivity index (χ3v) is 5.28. The van der Waals surface area contributed by atoms with Crippen LogP contribution in [0.4, 0.5) is 19.3 Å². The SMILES string of the molecule is COC(=O)[C@H](NC(=O)[C@@H]1[C@@H](NC(=O)Nc2ccc(F)cc2F)CCN1C(=O)C=C(C)C)C(C)C. The predicted octanol–water partition coefficient (Wildman–Crippen LogP) is 2.34. The topological polar surface area (TPSA) is 117 Å². The second-order valence-corrected chi connectivity index (χ2v) is 8.57. The van der Waals surface area contributed by atoms with Crippen LogP contribution >= 0.6 is 0 Å². The average Bonchev–Trinajstić information content (AvgIpc) is 3.16. The van der Waals surface area contributed by atoms with Gasteiger partial charge in [-0.25, -0.2) is 18.4 Å². The van der Waals surface area contributed by atoms with Crippen LogP contribution in [0.2, 0.25) is 0 Å². The van der Waals surface area contributed by atoms with Crippen molar-refractivity contribution < 1.29 is 32.7 Å². The third kappa shape index (κ3) is 6.75. The van der Waals surface area contributed by atoms with Crippen LogP contribution in [-0.4, -0.2) is 60.5 Å². The summed E-state index contributed by atoms with van der Waals surface area (Å²) >= 11 is 0. The smallest absolute Gasteiger partial charge is 0.328 e. The second-order valence-electron chi connectivity index (χ2n) is 8.57. The van der Waals surface area contributed by atoms with Gasteiger partial charge in [-0.3, -0.25) is 9.59 Å². The molecule has 1 heterocycles. The van der Waals surface area contributed by atoms with E-state index in [1.807, 2.05) is 0 Å². The quantitative estimate of drug-likeness (QED) is 0.409. The summed E-state index contributed by atoms with van der Waals surface area (Å²) in [5.74, 6) is -3.76. The molecular weight excluding hydrogens is 450 g/mol. The highest BCUT2D eigenvalue weighted by atomic mass is 19.1. The maximum Gasteiger partial charge on any atom is 0.328 e. The first kappa shape index (κ1) is 26.7. The number of halogens is 2. The van der Waals surface area contributed by atoms with Gasteiger partial charge in [0.25, 0.3) is 0 Å². The maximum absolute atomic E-state index is 13.9. The zero-order valence-corrected chi connectivity index (χ0v) is 19.8. The number of likely N-dealkylation sites (tertiary alicyclic amines) is 1. The molecule has 34 heavy (non-hydrogen) atoms. The highest BCUT2D eigenvalue weighted by Gasteiger charge is 2.43. The summed E-state index contributed by atoms with van der Waals surface area (Å²) in [6.45, 7) is 7.08. The van der Waals surface area contributed by atoms with E-state index in [2.05, 4.69) is 16.0 Å². The molecule has 2 rings (SSSR count). The zero-order valence-electron chi connectivity index (χ0n) is 19.8. The molecule has 1 aliphatic heterocycles. The summed E-state index contributed by atoms with van der Waals surface area (Å²) in [6, 6.07) is -1.07. The van der Waals surface area contributed by atoms with E-state index in [1.54, 1.807) is 27.7 Å². The Morgan fingerprint density at radius 3 is 2.41 bits per heavy atom. The summed E-state index contributed by atoms with van der Waals surface area (Å²) in [7, 11) is 1.20. The van der Waals surface area contributed by atoms with Crippen LogP contribution in [0.25, 0.3) is 0 Å². The van der Waals surface area contributed by atoms with Crippen molar-refractivity contribution in [1.82, 2.24) is 15.5 Å². The highest BCUT2D eigenvalue weighted by molar-refractivity contribution is 5.96. The fourth-order valence-corrected chi connectivity index (χ4v) is 3.63. The number of carbonyl (C=O) groups excluding carboxylic acids is 4. The van der Waals surface area contributed by atoms with Crippen LogP contribution in [0.5, 0.6) is 0 Å². The summed E-state index contributed by atoms with van der Waals surface area (Å²) in [5.41, 5.74) is 0.473. The Balaban J connectivity index is 2.25. The molecule has 0 unspecified atom stereocenters. The molecule has 0 aromatic heterocycles. The number of amides is 4. The van der Waals surface area contributed by atoms with Gasteiger partial charge in [0.1, 0.15) is 23.7 Å². The fraction of sp³-hybridized carbons (Fsp3) is 0.478. The first-order chi connectivity index (χ1) is 15.9. The van der Waals surface area contributed by atoms with Gasteiger partial charge >= 0.3 is 12.0 Å². The van der Waals surface area contributed by atoms with E-state index in [0.29, 0.717) is 6.07 Å². The van der Waals surface area contributed by atoms with Gasteiger partial charge in [-0.2, -0.15) is 0 Å². The molecule has 1 aliphatic rings. The first-order valence-corrected chi connectivity index (χ1v) is 10.8. The van der Waals surface area contributed by atoms with Crippen molar-refractivity contribution in [2.45, 2.75) is 52.2 Å². The maximum atomic E-state index is 13.9. The lowest BCUT2D eigenvalue weighted by Gasteiger charge is -2.29. The van der Waals surface area contributed by atoms with Crippen molar-refractivity contribution in [2.75, 3.05) is 19.0 Å². The average molecular weight is 481 g/mol. The Morgan fingerprint density at radius 2 is 1.85 bits per heavy atom. The van der Waals surface area contributed by atoms with Crippen LogP contribution < -0.4 is 16.0 Å². The van der Waals surface area contributed by atoms with Crippen molar-refractivity contribution in [3.8, 4) is 0 Å². The number of allylic oxidation sites excluding steroid dienone is 1. The number of carbonyl (C=O) groups is 4. The standard InChI is InChI=1S/C23H30F2N4O5/c1-12(2)10-18(30)29-9-8-17(20(29)21(31)28-19(13(3)4)22(32)34-5)27-23(33)26-16-7-6-14(24)11-15(16)25/h6-7,10-11,13,17,19-20H,8-9H2,1-5H3,(H,28,31)(H2,26,27,33)/t17-,19+,20-/m0/s1. The van der Waals surface area contributed by atoms with E-state index in [0.717, 1.165) is 17.7 Å². The van der Waals surface area contributed by atoms with Gasteiger partial charge in [0.2, 0.25) is 11.8 Å². The van der Waals surface area contributed by atoms with E-state index in [9.17, 15) is 28.0 Å². The van der Waals surface area contributed by atoms with Gasteiger partial charge in [0, 0.05) is 18.7 Å². The molecule has 0 bridgehead atoms. The minimum Gasteiger partial charge on any atom is -0.467 e. The predicted molar refractivity (Wildman–Crippen MR) is 121 cm³/mol. The molecule has 9 nitrogen and oxygen atoms in total. The van der Waals surface area contributed by atoms with Gasteiger partial charge in [0.05, 0.1) is 18.8 Å². The Kier molecular flexibility index (Phi) is 9.11. The molecule has 1 aromatic carbocycles. The fourth-order valence-electron chi connectivity index (χ4n) is 3.63. The van der Waals surface area contributed by atoms with Gasteiger partial charge in [-0.05, 0) is 38.3 Å². The Bertz CT molecular complexity index is 978. The number of methoxy groups -OCH3 is 1. The Hall–Kier alpha value is -3.50. The third-order valence-electron chi connectivity index (χ3n) is 5.28. The largest absolute Gasteiger partial charge is 0.467 e. The van der Waals surface area contributed by atoms with Gasteiger partial charge in [0.15, 0.2) is 0 Å². The van der Waals surface area contributed by atoms with Crippen LogP contribution in [0.1, 0.15) is 34.1 Å². The van der Waals surface area contributed by atoms with Gasteiger partial charge in [-0.1, -0.05) is 19.4 Å². The van der Waals surface area contributed by atoms with E-state index in [1.165, 1.54) is 18.1 Å². The number of esters is 1. The van der Waals surface area contributed by atoms with Crippen molar-refractivity contribution in [1.29, 1.82) is 0 Å². The number of ether oxygens (including phenoxy) is 1. The minimum absolute atomic E-state index is 0.168. The number of benzene rings is 1. The molecule has 3 atom stereocenters. The van der Waals surface area contributed by atoms with Crippen LogP contribution in [0.15, 0.2) is 29.8 Å². The van der Waals surface area contributed by atoms with Crippen LogP contribution in [-0.2, 0) is 19.1 Å². The molecule has 0 spiro atoms. The molecule has 0 aliphatic carbocycles. The lowest BCUT2D eigenvalue weighted by molar-refractivity contribution is -0.147. The lowest BCUT2D eigenvalue weighted by Crippen LogP contribution is -2.58. The number of nitrogens with zero attached hydrogens (tertiary/aromatic N) is 1. The van der Waals surface area contributed by atoms with Crippen molar-refractivity contribution in [2.24, 2.45) is 5.92 Å². The molecule has 0 radical (unpaired) electrons. The number of hydrogen-bond donors (Lipinski definition) is 3. The second kappa shape index (κ2) is 11.6. The van der Waals surface area contributed by atoms with Gasteiger partial charge in [-0.15, -0.1) is 0 Å². The number of anilines is 1. The molecule has 186 valence electrons. The summed E-state index contributed by atoms with van der Waals surface area (Å²) in [5, 5.41) is 7.47.